The predicted octanol–water partition coefficient (Wildman–Crippen LogP) is 5.06. The first kappa shape index (κ1) is 23.9. The smallest absolute Gasteiger partial charge is 0.223 e. The topological polar surface area (TPSA) is 59.4 Å². The summed E-state index contributed by atoms with van der Waals surface area (Å²) in [4.78, 5) is 20.3. The molecule has 2 aromatic carbocycles. The van der Waals surface area contributed by atoms with Crippen LogP contribution in [-0.4, -0.2) is 47.8 Å². The SMILES string of the molecule is Cc1cc2nc(N3CCC(C(=O)N[C@@H]4CCOC4)CC3)n(-c3cccc(C(C)(C)C)c3)c2cc1C. The van der Waals surface area contributed by atoms with E-state index in [9.17, 15) is 4.79 Å². The first-order chi connectivity index (χ1) is 16.7. The number of nitrogens with zero attached hydrogens (tertiary/aromatic N) is 3. The molecule has 2 saturated heterocycles. The van der Waals surface area contributed by atoms with Crippen LogP contribution < -0.4 is 10.2 Å². The molecule has 0 radical (unpaired) electrons. The molecule has 3 heterocycles. The second-order valence-electron chi connectivity index (χ2n) is 11.3. The number of piperidine rings is 1. The van der Waals surface area contributed by atoms with Crippen LogP contribution in [0, 0.1) is 19.8 Å². The van der Waals surface area contributed by atoms with Crippen molar-refractivity contribution in [3.63, 3.8) is 0 Å². The number of fused-ring (bicyclic) bond motifs is 1. The van der Waals surface area contributed by atoms with E-state index in [1.54, 1.807) is 0 Å². The number of hydrogen-bond donors (Lipinski definition) is 1. The van der Waals surface area contributed by atoms with Gasteiger partial charge in [0.1, 0.15) is 0 Å². The average Bonchev–Trinajstić information content (AvgIpc) is 3.47. The third kappa shape index (κ3) is 4.81. The molecule has 0 aliphatic carbocycles. The van der Waals surface area contributed by atoms with E-state index in [1.807, 2.05) is 0 Å². The highest BCUT2D eigenvalue weighted by Crippen LogP contribution is 2.33. The molecular formula is C29H38N4O2. The van der Waals surface area contributed by atoms with Crippen LogP contribution in [0.15, 0.2) is 36.4 Å². The Morgan fingerprint density at radius 3 is 2.49 bits per heavy atom. The number of carbonyl (C=O) groups is 1. The number of nitrogens with one attached hydrogen (secondary N) is 1. The van der Waals surface area contributed by atoms with Gasteiger partial charge in [-0.2, -0.15) is 0 Å². The van der Waals surface area contributed by atoms with Crippen molar-refractivity contribution in [1.82, 2.24) is 14.9 Å². The van der Waals surface area contributed by atoms with Crippen molar-refractivity contribution >= 4 is 22.9 Å². The van der Waals surface area contributed by atoms with Crippen molar-refractivity contribution in [3.05, 3.63) is 53.1 Å². The van der Waals surface area contributed by atoms with E-state index in [0.29, 0.717) is 6.61 Å². The van der Waals surface area contributed by atoms with Crippen LogP contribution in [-0.2, 0) is 14.9 Å². The van der Waals surface area contributed by atoms with Gasteiger partial charge in [-0.25, -0.2) is 4.98 Å². The number of carbonyl (C=O) groups excluding carboxylic acids is 1. The van der Waals surface area contributed by atoms with Gasteiger partial charge in [0.15, 0.2) is 0 Å². The summed E-state index contributed by atoms with van der Waals surface area (Å²) in [5.41, 5.74) is 7.18. The highest BCUT2D eigenvalue weighted by atomic mass is 16.5. The minimum absolute atomic E-state index is 0.0541. The fourth-order valence-electron chi connectivity index (χ4n) is 5.21. The number of aromatic nitrogens is 2. The van der Waals surface area contributed by atoms with Crippen LogP contribution in [0.5, 0.6) is 0 Å². The number of aryl methyl sites for hydroxylation is 2. The van der Waals surface area contributed by atoms with Crippen LogP contribution in [0.3, 0.4) is 0 Å². The Balaban J connectivity index is 1.46. The molecule has 5 rings (SSSR count). The zero-order valence-corrected chi connectivity index (χ0v) is 21.7. The van der Waals surface area contributed by atoms with Crippen LogP contribution in [0.25, 0.3) is 16.7 Å². The summed E-state index contributed by atoms with van der Waals surface area (Å²) in [6, 6.07) is 13.5. The van der Waals surface area contributed by atoms with Crippen molar-refractivity contribution in [2.45, 2.75) is 65.3 Å². The molecular weight excluding hydrogens is 436 g/mol. The second kappa shape index (κ2) is 9.30. The first-order valence-corrected chi connectivity index (χ1v) is 12.9. The lowest BCUT2D eigenvalue weighted by Crippen LogP contribution is -2.44. The largest absolute Gasteiger partial charge is 0.379 e. The summed E-state index contributed by atoms with van der Waals surface area (Å²) in [5, 5.41) is 3.19. The summed E-state index contributed by atoms with van der Waals surface area (Å²) in [6.45, 7) is 14.1. The molecule has 2 fully saturated rings. The van der Waals surface area contributed by atoms with Gasteiger partial charge in [0, 0.05) is 31.3 Å². The minimum atomic E-state index is 0.0541. The summed E-state index contributed by atoms with van der Waals surface area (Å²) >= 11 is 0. The molecule has 2 aliphatic heterocycles. The molecule has 2 aliphatic rings. The third-order valence-corrected chi connectivity index (χ3v) is 7.65. The van der Waals surface area contributed by atoms with E-state index in [4.69, 9.17) is 9.72 Å². The minimum Gasteiger partial charge on any atom is -0.379 e. The van der Waals surface area contributed by atoms with Crippen molar-refractivity contribution < 1.29 is 9.53 Å². The molecule has 1 amide bonds. The molecule has 6 heteroatoms. The van der Waals surface area contributed by atoms with Gasteiger partial charge in [-0.3, -0.25) is 9.36 Å². The van der Waals surface area contributed by atoms with Gasteiger partial charge in [-0.15, -0.1) is 0 Å². The molecule has 0 spiro atoms. The Labute approximate surface area is 208 Å². The average molecular weight is 475 g/mol. The van der Waals surface area contributed by atoms with Gasteiger partial charge in [0.05, 0.1) is 23.7 Å². The van der Waals surface area contributed by atoms with E-state index in [2.05, 4.69) is 85.8 Å². The predicted molar refractivity (Wildman–Crippen MR) is 142 cm³/mol. The number of amides is 1. The van der Waals surface area contributed by atoms with E-state index in [-0.39, 0.29) is 23.3 Å². The highest BCUT2D eigenvalue weighted by Gasteiger charge is 2.30. The molecule has 0 bridgehead atoms. The van der Waals surface area contributed by atoms with Crippen LogP contribution in [0.4, 0.5) is 5.95 Å². The van der Waals surface area contributed by atoms with Gasteiger partial charge in [0.2, 0.25) is 11.9 Å². The number of rotatable bonds is 4. The summed E-state index contributed by atoms with van der Waals surface area (Å²) in [7, 11) is 0. The molecule has 0 saturated carbocycles. The van der Waals surface area contributed by atoms with Gasteiger partial charge < -0.3 is 15.0 Å². The normalized spacial score (nSPS) is 19.5. The van der Waals surface area contributed by atoms with Crippen molar-refractivity contribution in [3.8, 4) is 5.69 Å². The van der Waals surface area contributed by atoms with Gasteiger partial charge >= 0.3 is 0 Å². The maximum atomic E-state index is 12.8. The van der Waals surface area contributed by atoms with E-state index in [1.165, 1.54) is 16.7 Å². The number of hydrogen-bond acceptors (Lipinski definition) is 4. The van der Waals surface area contributed by atoms with Crippen molar-refractivity contribution in [2.24, 2.45) is 5.92 Å². The Bertz CT molecular complexity index is 1230. The highest BCUT2D eigenvalue weighted by molar-refractivity contribution is 5.83. The maximum Gasteiger partial charge on any atom is 0.223 e. The molecule has 6 nitrogen and oxygen atoms in total. The number of ether oxygens (including phenoxy) is 1. The summed E-state index contributed by atoms with van der Waals surface area (Å²) < 4.78 is 7.73. The van der Waals surface area contributed by atoms with Crippen molar-refractivity contribution in [2.75, 3.05) is 31.2 Å². The van der Waals surface area contributed by atoms with Gasteiger partial charge in [-0.1, -0.05) is 32.9 Å². The Hall–Kier alpha value is -2.86. The van der Waals surface area contributed by atoms with Crippen molar-refractivity contribution in [1.29, 1.82) is 0 Å². The van der Waals surface area contributed by atoms with Crippen LogP contribution in [0.1, 0.15) is 56.7 Å². The Kier molecular flexibility index (Phi) is 6.34. The number of anilines is 1. The fourth-order valence-corrected chi connectivity index (χ4v) is 5.21. The fraction of sp³-hybridized carbons (Fsp3) is 0.517. The quantitative estimate of drug-likeness (QED) is 0.574. The number of benzene rings is 2. The third-order valence-electron chi connectivity index (χ3n) is 7.65. The van der Waals surface area contributed by atoms with Crippen LogP contribution in [0.2, 0.25) is 0 Å². The van der Waals surface area contributed by atoms with Crippen LogP contribution >= 0.6 is 0 Å². The molecule has 1 N–H and O–H groups in total. The molecule has 35 heavy (non-hydrogen) atoms. The number of imidazole rings is 1. The van der Waals surface area contributed by atoms with E-state index < -0.39 is 0 Å². The molecule has 3 aromatic rings. The monoisotopic (exact) mass is 474 g/mol. The molecule has 1 aromatic heterocycles. The standard InChI is InChI=1S/C29H38N4O2/c1-19-15-25-26(16-20(19)2)33(24-8-6-7-22(17-24)29(3,4)5)28(31-25)32-12-9-21(10-13-32)27(34)30-23-11-14-35-18-23/h6-8,15-17,21,23H,9-14,18H2,1-5H3,(H,30,34)/t23-/m1/s1. The maximum absolute atomic E-state index is 12.8. The molecule has 1 atom stereocenters. The lowest BCUT2D eigenvalue weighted by Gasteiger charge is -2.33. The lowest BCUT2D eigenvalue weighted by atomic mass is 9.87. The zero-order valence-electron chi connectivity index (χ0n) is 21.7. The van der Waals surface area contributed by atoms with E-state index in [0.717, 1.165) is 61.6 Å². The molecule has 0 unspecified atom stereocenters. The Morgan fingerprint density at radius 2 is 1.80 bits per heavy atom. The van der Waals surface area contributed by atoms with Gasteiger partial charge in [0.25, 0.3) is 0 Å². The molecule has 186 valence electrons. The zero-order chi connectivity index (χ0) is 24.7. The first-order valence-electron chi connectivity index (χ1n) is 12.9. The summed E-state index contributed by atoms with van der Waals surface area (Å²) in [5.74, 6) is 1.20. The van der Waals surface area contributed by atoms with Gasteiger partial charge in [-0.05, 0) is 79.5 Å². The second-order valence-corrected chi connectivity index (χ2v) is 11.3. The summed E-state index contributed by atoms with van der Waals surface area (Å²) in [6.07, 6.45) is 2.59. The Morgan fingerprint density at radius 1 is 1.06 bits per heavy atom. The van der Waals surface area contributed by atoms with E-state index >= 15 is 0 Å². The lowest BCUT2D eigenvalue weighted by molar-refractivity contribution is -0.126.